The minimum atomic E-state index is -0.103. The first-order valence-electron chi connectivity index (χ1n) is 6.75. The maximum atomic E-state index is 12.2. The molecule has 2 N–H and O–H groups in total. The topological polar surface area (TPSA) is 59.5 Å². The molecule has 2 heterocycles. The molecule has 1 aromatic heterocycles. The molecule has 18 heavy (non-hydrogen) atoms. The summed E-state index contributed by atoms with van der Waals surface area (Å²) in [6.07, 6.45) is 3.28. The summed E-state index contributed by atoms with van der Waals surface area (Å²) in [6, 6.07) is 3.74. The third kappa shape index (κ3) is 2.58. The zero-order chi connectivity index (χ0) is 13.1. The number of nitrogens with two attached hydrogens (primary N) is 1. The van der Waals surface area contributed by atoms with Gasteiger partial charge in [0, 0.05) is 19.0 Å². The van der Waals surface area contributed by atoms with Crippen LogP contribution in [0, 0.1) is 6.92 Å². The summed E-state index contributed by atoms with van der Waals surface area (Å²) in [4.78, 5) is 14.1. The van der Waals surface area contributed by atoms with Crippen LogP contribution in [0.3, 0.4) is 0 Å². The molecule has 1 aliphatic heterocycles. The van der Waals surface area contributed by atoms with Gasteiger partial charge in [0.15, 0.2) is 0 Å². The maximum Gasteiger partial charge on any atom is 0.223 e. The van der Waals surface area contributed by atoms with E-state index in [1.165, 1.54) is 0 Å². The number of furan rings is 1. The van der Waals surface area contributed by atoms with Gasteiger partial charge in [0.2, 0.25) is 5.91 Å². The van der Waals surface area contributed by atoms with Gasteiger partial charge in [0.25, 0.3) is 0 Å². The molecule has 0 bridgehead atoms. The molecule has 2 atom stereocenters. The van der Waals surface area contributed by atoms with Crippen molar-refractivity contribution in [2.24, 2.45) is 5.73 Å². The number of likely N-dealkylation sites (tertiary alicyclic amines) is 1. The standard InChI is InChI=1S/C14H22N2O2/c1-3-9-16-13(17)6-4-5-11(15)14(16)12-8-7-10(2)18-12/h7-8,11,14H,3-6,9,15H2,1-2H3. The summed E-state index contributed by atoms with van der Waals surface area (Å²) >= 11 is 0. The molecule has 0 radical (unpaired) electrons. The minimum Gasteiger partial charge on any atom is -0.464 e. The van der Waals surface area contributed by atoms with Crippen molar-refractivity contribution in [2.45, 2.75) is 51.6 Å². The Hall–Kier alpha value is -1.29. The van der Waals surface area contributed by atoms with Crippen molar-refractivity contribution in [3.05, 3.63) is 23.7 Å². The lowest BCUT2D eigenvalue weighted by Gasteiger charge is -2.31. The third-order valence-corrected chi connectivity index (χ3v) is 3.51. The van der Waals surface area contributed by atoms with E-state index in [1.54, 1.807) is 0 Å². The van der Waals surface area contributed by atoms with Crippen LogP contribution in [0.25, 0.3) is 0 Å². The molecule has 1 aliphatic rings. The van der Waals surface area contributed by atoms with Crippen LogP contribution in [-0.2, 0) is 4.79 Å². The van der Waals surface area contributed by atoms with Crippen LogP contribution in [0.1, 0.15) is 50.2 Å². The second kappa shape index (κ2) is 5.57. The lowest BCUT2D eigenvalue weighted by molar-refractivity contribution is -0.133. The smallest absolute Gasteiger partial charge is 0.223 e. The van der Waals surface area contributed by atoms with Crippen LogP contribution in [0.5, 0.6) is 0 Å². The van der Waals surface area contributed by atoms with E-state index in [0.29, 0.717) is 6.42 Å². The quantitative estimate of drug-likeness (QED) is 0.896. The SMILES string of the molecule is CCCN1C(=O)CCCC(N)C1c1ccc(C)o1. The molecule has 0 spiro atoms. The largest absolute Gasteiger partial charge is 0.464 e. The number of rotatable bonds is 3. The van der Waals surface area contributed by atoms with Gasteiger partial charge in [-0.05, 0) is 38.3 Å². The van der Waals surface area contributed by atoms with Crippen molar-refractivity contribution in [3.8, 4) is 0 Å². The number of carbonyl (C=O) groups is 1. The number of aryl methyl sites for hydroxylation is 1. The fourth-order valence-electron chi connectivity index (χ4n) is 2.66. The van der Waals surface area contributed by atoms with Crippen molar-refractivity contribution in [3.63, 3.8) is 0 Å². The van der Waals surface area contributed by atoms with Gasteiger partial charge in [-0.15, -0.1) is 0 Å². The Balaban J connectivity index is 2.32. The van der Waals surface area contributed by atoms with E-state index in [9.17, 15) is 4.79 Å². The van der Waals surface area contributed by atoms with Crippen molar-refractivity contribution < 1.29 is 9.21 Å². The van der Waals surface area contributed by atoms with Crippen molar-refractivity contribution in [1.82, 2.24) is 4.90 Å². The molecule has 0 saturated carbocycles. The van der Waals surface area contributed by atoms with Crippen LogP contribution < -0.4 is 5.73 Å². The number of hydrogen-bond donors (Lipinski definition) is 1. The molecule has 100 valence electrons. The van der Waals surface area contributed by atoms with E-state index in [0.717, 1.165) is 37.3 Å². The lowest BCUT2D eigenvalue weighted by atomic mass is 10.0. The summed E-state index contributed by atoms with van der Waals surface area (Å²) in [5.74, 6) is 1.89. The Morgan fingerprint density at radius 3 is 2.89 bits per heavy atom. The predicted octanol–water partition coefficient (Wildman–Crippen LogP) is 2.38. The highest BCUT2D eigenvalue weighted by Crippen LogP contribution is 2.31. The molecule has 1 fully saturated rings. The number of carbonyl (C=O) groups excluding carboxylic acids is 1. The van der Waals surface area contributed by atoms with E-state index in [1.807, 2.05) is 24.0 Å². The first kappa shape index (κ1) is 13.1. The molecule has 4 nitrogen and oxygen atoms in total. The first-order chi connectivity index (χ1) is 8.63. The van der Waals surface area contributed by atoms with Gasteiger partial charge in [-0.1, -0.05) is 6.92 Å². The molecule has 2 rings (SSSR count). The van der Waals surface area contributed by atoms with Gasteiger partial charge in [0.05, 0.1) is 0 Å². The first-order valence-corrected chi connectivity index (χ1v) is 6.75. The van der Waals surface area contributed by atoms with Crippen LogP contribution in [-0.4, -0.2) is 23.4 Å². The number of nitrogens with zero attached hydrogens (tertiary/aromatic N) is 1. The van der Waals surface area contributed by atoms with Gasteiger partial charge < -0.3 is 15.1 Å². The van der Waals surface area contributed by atoms with Crippen LogP contribution in [0.4, 0.5) is 0 Å². The Bertz CT molecular complexity index is 414. The Labute approximate surface area is 108 Å². The molecule has 0 aromatic carbocycles. The Morgan fingerprint density at radius 2 is 2.28 bits per heavy atom. The van der Waals surface area contributed by atoms with E-state index < -0.39 is 0 Å². The number of amides is 1. The maximum absolute atomic E-state index is 12.2. The third-order valence-electron chi connectivity index (χ3n) is 3.51. The van der Waals surface area contributed by atoms with Crippen molar-refractivity contribution in [2.75, 3.05) is 6.54 Å². The second-order valence-corrected chi connectivity index (χ2v) is 5.04. The summed E-state index contributed by atoms with van der Waals surface area (Å²) in [6.45, 7) is 4.74. The van der Waals surface area contributed by atoms with Gasteiger partial charge >= 0.3 is 0 Å². The van der Waals surface area contributed by atoms with E-state index in [-0.39, 0.29) is 18.0 Å². The normalized spacial score (nSPS) is 25.3. The molecule has 1 aromatic rings. The zero-order valence-electron chi connectivity index (χ0n) is 11.2. The fourth-order valence-corrected chi connectivity index (χ4v) is 2.66. The van der Waals surface area contributed by atoms with Crippen molar-refractivity contribution >= 4 is 5.91 Å². The number of hydrogen-bond acceptors (Lipinski definition) is 3. The molecular weight excluding hydrogens is 228 g/mol. The summed E-state index contributed by atoms with van der Waals surface area (Å²) < 4.78 is 5.70. The molecular formula is C14H22N2O2. The second-order valence-electron chi connectivity index (χ2n) is 5.04. The van der Waals surface area contributed by atoms with Crippen LogP contribution >= 0.6 is 0 Å². The van der Waals surface area contributed by atoms with Gasteiger partial charge in [-0.3, -0.25) is 4.79 Å². The van der Waals surface area contributed by atoms with Crippen LogP contribution in [0.2, 0.25) is 0 Å². The molecule has 0 aliphatic carbocycles. The van der Waals surface area contributed by atoms with Gasteiger partial charge in [0.1, 0.15) is 17.6 Å². The Morgan fingerprint density at radius 1 is 1.50 bits per heavy atom. The highest BCUT2D eigenvalue weighted by atomic mass is 16.3. The highest BCUT2D eigenvalue weighted by Gasteiger charge is 2.34. The average Bonchev–Trinajstić information content (AvgIpc) is 2.69. The van der Waals surface area contributed by atoms with E-state index >= 15 is 0 Å². The molecule has 1 saturated heterocycles. The molecule has 2 unspecified atom stereocenters. The highest BCUT2D eigenvalue weighted by molar-refractivity contribution is 5.77. The van der Waals surface area contributed by atoms with E-state index in [4.69, 9.17) is 10.2 Å². The minimum absolute atomic E-state index is 0.0338. The van der Waals surface area contributed by atoms with Crippen molar-refractivity contribution in [1.29, 1.82) is 0 Å². The summed E-state index contributed by atoms with van der Waals surface area (Å²) in [5, 5.41) is 0. The molecule has 4 heteroatoms. The monoisotopic (exact) mass is 250 g/mol. The predicted molar refractivity (Wildman–Crippen MR) is 70.0 cm³/mol. The van der Waals surface area contributed by atoms with Gasteiger partial charge in [-0.25, -0.2) is 0 Å². The Kier molecular flexibility index (Phi) is 4.07. The lowest BCUT2D eigenvalue weighted by Crippen LogP contribution is -2.42. The van der Waals surface area contributed by atoms with Gasteiger partial charge in [-0.2, -0.15) is 0 Å². The van der Waals surface area contributed by atoms with E-state index in [2.05, 4.69) is 6.92 Å². The molecule has 1 amide bonds. The average molecular weight is 250 g/mol. The fraction of sp³-hybridized carbons (Fsp3) is 0.643. The zero-order valence-corrected chi connectivity index (χ0v) is 11.2. The van der Waals surface area contributed by atoms with Crippen LogP contribution in [0.15, 0.2) is 16.5 Å². The summed E-state index contributed by atoms with van der Waals surface area (Å²) in [7, 11) is 0. The summed E-state index contributed by atoms with van der Waals surface area (Å²) in [5.41, 5.74) is 6.25.